The molecule has 1 fully saturated rings. The van der Waals surface area contributed by atoms with E-state index in [9.17, 15) is 14.3 Å². The van der Waals surface area contributed by atoms with Crippen molar-refractivity contribution in [3.8, 4) is 5.75 Å². The predicted molar refractivity (Wildman–Crippen MR) is 115 cm³/mol. The highest BCUT2D eigenvalue weighted by Gasteiger charge is 2.26. The summed E-state index contributed by atoms with van der Waals surface area (Å²) in [6.45, 7) is 4.96. The average Bonchev–Trinajstić information content (AvgIpc) is 2.69. The molecule has 2 aromatic carbocycles. The molecule has 8 heteroatoms. The van der Waals surface area contributed by atoms with Gasteiger partial charge in [-0.1, -0.05) is 29.8 Å². The molecule has 0 spiro atoms. The molecule has 0 bridgehead atoms. The van der Waals surface area contributed by atoms with Gasteiger partial charge in [0.1, 0.15) is 12.7 Å². The van der Waals surface area contributed by atoms with Crippen molar-refractivity contribution in [3.05, 3.63) is 59.4 Å². The number of β-amino-alcohol motifs (C(OH)–C–C–N with tert-alkyl or cyclic N) is 1. The minimum atomic E-state index is -0.732. The lowest BCUT2D eigenvalue weighted by Crippen LogP contribution is -2.55. The van der Waals surface area contributed by atoms with E-state index >= 15 is 0 Å². The van der Waals surface area contributed by atoms with Crippen LogP contribution in [-0.4, -0.2) is 72.3 Å². The largest absolute Gasteiger partial charge is 0.488 e. The van der Waals surface area contributed by atoms with Crippen molar-refractivity contribution in [2.75, 3.05) is 44.6 Å². The average molecular weight is 436 g/mol. The molecule has 1 saturated heterocycles. The topological polar surface area (TPSA) is 65.0 Å². The van der Waals surface area contributed by atoms with Crippen LogP contribution in [0.1, 0.15) is 6.92 Å². The maximum Gasteiger partial charge on any atom is 0.238 e. The number of nitrogens with one attached hydrogen (secondary N) is 1. The van der Waals surface area contributed by atoms with E-state index in [0.717, 1.165) is 6.54 Å². The second-order valence-electron chi connectivity index (χ2n) is 7.53. The molecule has 1 aliphatic heterocycles. The predicted octanol–water partition coefficient (Wildman–Crippen LogP) is 2.86. The molecule has 2 N–H and O–H groups in total. The zero-order valence-corrected chi connectivity index (χ0v) is 17.7. The number of hydrogen-bond acceptors (Lipinski definition) is 5. The third-order valence-electron chi connectivity index (χ3n) is 5.04. The van der Waals surface area contributed by atoms with E-state index in [1.165, 1.54) is 12.1 Å². The molecule has 0 unspecified atom stereocenters. The first kappa shape index (κ1) is 22.5. The highest BCUT2D eigenvalue weighted by atomic mass is 35.5. The monoisotopic (exact) mass is 435 g/mol. The number of piperazine rings is 1. The number of amides is 1. The first-order valence-electron chi connectivity index (χ1n) is 9.98. The van der Waals surface area contributed by atoms with Gasteiger partial charge in [0.05, 0.1) is 6.54 Å². The summed E-state index contributed by atoms with van der Waals surface area (Å²) in [4.78, 5) is 16.5. The van der Waals surface area contributed by atoms with E-state index in [1.807, 2.05) is 0 Å². The number of aliphatic hydroxyl groups is 1. The quantitative estimate of drug-likeness (QED) is 0.667. The molecule has 0 saturated carbocycles. The number of nitrogens with zero attached hydrogens (tertiary/aromatic N) is 2. The molecule has 2 atom stereocenters. The molecule has 30 heavy (non-hydrogen) atoms. The normalized spacial score (nSPS) is 18.7. The van der Waals surface area contributed by atoms with Crippen LogP contribution in [0.2, 0.25) is 5.02 Å². The number of aliphatic hydroxyl groups excluding tert-OH is 1. The van der Waals surface area contributed by atoms with Gasteiger partial charge >= 0.3 is 0 Å². The summed E-state index contributed by atoms with van der Waals surface area (Å²) in [5.41, 5.74) is 0.678. The maximum atomic E-state index is 13.6. The van der Waals surface area contributed by atoms with Crippen LogP contribution >= 0.6 is 11.6 Å². The third kappa shape index (κ3) is 6.67. The molecule has 1 aliphatic rings. The summed E-state index contributed by atoms with van der Waals surface area (Å²) >= 11 is 5.95. The van der Waals surface area contributed by atoms with E-state index in [4.69, 9.17) is 16.3 Å². The Morgan fingerprint density at radius 3 is 2.83 bits per heavy atom. The number of carbonyl (C=O) groups excluding carboxylic acids is 1. The lowest BCUT2D eigenvalue weighted by molar-refractivity contribution is -0.118. The van der Waals surface area contributed by atoms with Gasteiger partial charge in [0.15, 0.2) is 11.6 Å². The lowest BCUT2D eigenvalue weighted by atomic mass is 10.1. The minimum absolute atomic E-state index is 0.0237. The summed E-state index contributed by atoms with van der Waals surface area (Å²) < 4.78 is 19.0. The number of hydrogen-bond donors (Lipinski definition) is 2. The molecule has 1 amide bonds. The molecular weight excluding hydrogens is 409 g/mol. The standard InChI is InChI=1S/C22H27ClFN3O3/c1-16-12-26(14-22(29)25-18-6-4-5-17(23)11-18)9-10-27(16)13-19(28)15-30-21-8-3-2-7-20(21)24/h2-8,11,16,19,28H,9-10,12-15H2,1H3,(H,25,29)/t16-,19-/m0/s1. The fraction of sp³-hybridized carbons (Fsp3) is 0.409. The fourth-order valence-electron chi connectivity index (χ4n) is 3.53. The number of rotatable bonds is 8. The van der Waals surface area contributed by atoms with E-state index in [0.29, 0.717) is 36.9 Å². The van der Waals surface area contributed by atoms with Crippen molar-refractivity contribution in [3.63, 3.8) is 0 Å². The van der Waals surface area contributed by atoms with E-state index < -0.39 is 11.9 Å². The second kappa shape index (κ2) is 10.7. The highest BCUT2D eigenvalue weighted by Crippen LogP contribution is 2.17. The smallest absolute Gasteiger partial charge is 0.238 e. The number of benzene rings is 2. The molecule has 1 heterocycles. The van der Waals surface area contributed by atoms with Gasteiger partial charge in [-0.15, -0.1) is 0 Å². The SMILES string of the molecule is C[C@H]1CN(CC(=O)Nc2cccc(Cl)c2)CCN1C[C@H](O)COc1ccccc1F. The van der Waals surface area contributed by atoms with Gasteiger partial charge in [-0.2, -0.15) is 0 Å². The number of carbonyl (C=O) groups is 1. The first-order chi connectivity index (χ1) is 14.4. The van der Waals surface area contributed by atoms with Crippen molar-refractivity contribution >= 4 is 23.2 Å². The van der Waals surface area contributed by atoms with Crippen molar-refractivity contribution in [1.82, 2.24) is 9.80 Å². The second-order valence-corrected chi connectivity index (χ2v) is 7.97. The van der Waals surface area contributed by atoms with Gasteiger partial charge in [0, 0.05) is 42.9 Å². The Labute approximate surface area is 181 Å². The number of ether oxygens (including phenoxy) is 1. The summed E-state index contributed by atoms with van der Waals surface area (Å²) in [7, 11) is 0. The van der Waals surface area contributed by atoms with Crippen molar-refractivity contribution < 1.29 is 19.0 Å². The van der Waals surface area contributed by atoms with Crippen LogP contribution < -0.4 is 10.1 Å². The molecule has 162 valence electrons. The van der Waals surface area contributed by atoms with Crippen LogP contribution in [0.5, 0.6) is 5.75 Å². The summed E-state index contributed by atoms with van der Waals surface area (Å²) in [5, 5.41) is 13.7. The van der Waals surface area contributed by atoms with Crippen LogP contribution in [0.25, 0.3) is 0 Å². The summed E-state index contributed by atoms with van der Waals surface area (Å²) in [6, 6.07) is 13.4. The van der Waals surface area contributed by atoms with Gasteiger partial charge < -0.3 is 15.2 Å². The Bertz CT molecular complexity index is 854. The van der Waals surface area contributed by atoms with Gasteiger partial charge in [0.25, 0.3) is 0 Å². The molecule has 3 rings (SSSR count). The lowest BCUT2D eigenvalue weighted by Gasteiger charge is -2.40. The third-order valence-corrected chi connectivity index (χ3v) is 5.27. The summed E-state index contributed by atoms with van der Waals surface area (Å²) in [5.74, 6) is -0.390. The Hall–Kier alpha value is -2.19. The molecule has 0 aromatic heterocycles. The first-order valence-corrected chi connectivity index (χ1v) is 10.4. The zero-order valence-electron chi connectivity index (χ0n) is 16.9. The fourth-order valence-corrected chi connectivity index (χ4v) is 3.72. The number of para-hydroxylation sites is 1. The van der Waals surface area contributed by atoms with Crippen molar-refractivity contribution in [1.29, 1.82) is 0 Å². The molecule has 0 aliphatic carbocycles. The summed E-state index contributed by atoms with van der Waals surface area (Å²) in [6.07, 6.45) is -0.732. The zero-order chi connectivity index (χ0) is 21.5. The highest BCUT2D eigenvalue weighted by molar-refractivity contribution is 6.30. The minimum Gasteiger partial charge on any atom is -0.488 e. The van der Waals surface area contributed by atoms with Crippen LogP contribution in [0.3, 0.4) is 0 Å². The van der Waals surface area contributed by atoms with Crippen LogP contribution in [0.4, 0.5) is 10.1 Å². The van der Waals surface area contributed by atoms with Gasteiger partial charge in [0.2, 0.25) is 5.91 Å². The number of halogens is 2. The molecule has 2 aromatic rings. The van der Waals surface area contributed by atoms with Gasteiger partial charge in [-0.25, -0.2) is 4.39 Å². The molecule has 6 nitrogen and oxygen atoms in total. The Morgan fingerprint density at radius 2 is 2.10 bits per heavy atom. The molecular formula is C22H27ClFN3O3. The van der Waals surface area contributed by atoms with Gasteiger partial charge in [-0.3, -0.25) is 14.6 Å². The molecule has 0 radical (unpaired) electrons. The number of anilines is 1. The maximum absolute atomic E-state index is 13.6. The van der Waals surface area contributed by atoms with E-state index in [2.05, 4.69) is 22.0 Å². The van der Waals surface area contributed by atoms with Crippen LogP contribution in [-0.2, 0) is 4.79 Å². The van der Waals surface area contributed by atoms with Crippen LogP contribution in [0.15, 0.2) is 48.5 Å². The Morgan fingerprint density at radius 1 is 1.30 bits per heavy atom. The Balaban J connectivity index is 1.41. The van der Waals surface area contributed by atoms with E-state index in [-0.39, 0.29) is 24.3 Å². The van der Waals surface area contributed by atoms with Crippen LogP contribution in [0, 0.1) is 5.82 Å². The van der Waals surface area contributed by atoms with Crippen molar-refractivity contribution in [2.45, 2.75) is 19.1 Å². The van der Waals surface area contributed by atoms with Gasteiger partial charge in [-0.05, 0) is 37.3 Å². The van der Waals surface area contributed by atoms with Crippen molar-refractivity contribution in [2.24, 2.45) is 0 Å². The Kier molecular flexibility index (Phi) is 8.04. The van der Waals surface area contributed by atoms with E-state index in [1.54, 1.807) is 36.4 Å².